The van der Waals surface area contributed by atoms with E-state index in [0.717, 1.165) is 19.4 Å². The maximum absolute atomic E-state index is 13.8. The molecular weight excluding hydrogens is 279 g/mol. The van der Waals surface area contributed by atoms with Gasteiger partial charge >= 0.3 is 0 Å². The minimum Gasteiger partial charge on any atom is -0.335 e. The van der Waals surface area contributed by atoms with Crippen molar-refractivity contribution in [3.8, 4) is 0 Å². The van der Waals surface area contributed by atoms with E-state index in [2.05, 4.69) is 5.32 Å². The second-order valence-electron chi connectivity index (χ2n) is 5.06. The maximum atomic E-state index is 13.8. The van der Waals surface area contributed by atoms with Crippen molar-refractivity contribution in [2.24, 2.45) is 0 Å². The molecule has 1 saturated carbocycles. The fourth-order valence-corrected chi connectivity index (χ4v) is 2.40. The first kappa shape index (κ1) is 15.3. The van der Waals surface area contributed by atoms with Gasteiger partial charge in [-0.05, 0) is 31.5 Å². The van der Waals surface area contributed by atoms with Crippen molar-refractivity contribution >= 4 is 17.5 Å². The average molecular weight is 299 g/mol. The standard InChI is InChI=1S/C15H20ClFN2O/c1-2-18-9-8-15(20)19(11-6-7-11)10-12-13(16)4-3-5-14(12)17/h3-5,11,18H,2,6-10H2,1H3. The van der Waals surface area contributed by atoms with Gasteiger partial charge < -0.3 is 10.2 Å². The number of rotatable bonds is 7. The third-order valence-corrected chi connectivity index (χ3v) is 3.82. The predicted octanol–water partition coefficient (Wildman–Crippen LogP) is 2.97. The molecule has 1 aliphatic rings. The third kappa shape index (κ3) is 3.93. The minimum absolute atomic E-state index is 0.0627. The molecule has 110 valence electrons. The second kappa shape index (κ2) is 7.04. The van der Waals surface area contributed by atoms with Crippen LogP contribution in [-0.4, -0.2) is 29.9 Å². The highest BCUT2D eigenvalue weighted by atomic mass is 35.5. The zero-order valence-electron chi connectivity index (χ0n) is 11.7. The Morgan fingerprint density at radius 3 is 2.85 bits per heavy atom. The van der Waals surface area contributed by atoms with Crippen LogP contribution < -0.4 is 5.32 Å². The highest BCUT2D eigenvalue weighted by Gasteiger charge is 2.33. The normalized spacial score (nSPS) is 14.3. The van der Waals surface area contributed by atoms with Crippen LogP contribution in [0.15, 0.2) is 18.2 Å². The smallest absolute Gasteiger partial charge is 0.224 e. The van der Waals surface area contributed by atoms with Crippen LogP contribution in [0, 0.1) is 5.82 Å². The number of benzene rings is 1. The van der Waals surface area contributed by atoms with E-state index >= 15 is 0 Å². The number of hydrogen-bond donors (Lipinski definition) is 1. The van der Waals surface area contributed by atoms with Crippen molar-refractivity contribution in [1.29, 1.82) is 0 Å². The molecule has 5 heteroatoms. The Morgan fingerprint density at radius 2 is 2.25 bits per heavy atom. The lowest BCUT2D eigenvalue weighted by molar-refractivity contribution is -0.132. The summed E-state index contributed by atoms with van der Waals surface area (Å²) in [6.07, 6.45) is 2.44. The number of carbonyl (C=O) groups is 1. The largest absolute Gasteiger partial charge is 0.335 e. The number of carbonyl (C=O) groups excluding carboxylic acids is 1. The van der Waals surface area contributed by atoms with Gasteiger partial charge in [0.1, 0.15) is 5.82 Å². The van der Waals surface area contributed by atoms with Crippen molar-refractivity contribution < 1.29 is 9.18 Å². The first-order valence-electron chi connectivity index (χ1n) is 7.06. The van der Waals surface area contributed by atoms with Gasteiger partial charge in [0.25, 0.3) is 0 Å². The molecule has 1 aromatic carbocycles. The highest BCUT2D eigenvalue weighted by molar-refractivity contribution is 6.31. The Bertz CT molecular complexity index is 457. The lowest BCUT2D eigenvalue weighted by Gasteiger charge is -2.23. The van der Waals surface area contributed by atoms with Gasteiger partial charge in [-0.2, -0.15) is 0 Å². The Balaban J connectivity index is 2.04. The number of amides is 1. The molecule has 1 N–H and O–H groups in total. The fourth-order valence-electron chi connectivity index (χ4n) is 2.18. The SMILES string of the molecule is CCNCCC(=O)N(Cc1c(F)cccc1Cl)C1CC1. The van der Waals surface area contributed by atoms with E-state index in [-0.39, 0.29) is 24.3 Å². The van der Waals surface area contributed by atoms with E-state index in [1.165, 1.54) is 6.07 Å². The molecule has 0 aromatic heterocycles. The van der Waals surface area contributed by atoms with E-state index in [0.29, 0.717) is 23.6 Å². The molecule has 3 nitrogen and oxygen atoms in total. The van der Waals surface area contributed by atoms with Gasteiger partial charge in [0.05, 0.1) is 6.54 Å². The van der Waals surface area contributed by atoms with E-state index in [1.54, 1.807) is 17.0 Å². The quantitative estimate of drug-likeness (QED) is 0.785. The van der Waals surface area contributed by atoms with Crippen LogP contribution in [0.4, 0.5) is 4.39 Å². The molecule has 1 aromatic rings. The van der Waals surface area contributed by atoms with Crippen LogP contribution in [0.25, 0.3) is 0 Å². The number of nitrogens with one attached hydrogen (secondary N) is 1. The summed E-state index contributed by atoms with van der Waals surface area (Å²) in [5.74, 6) is -0.282. The lowest BCUT2D eigenvalue weighted by Crippen LogP contribution is -2.35. The van der Waals surface area contributed by atoms with Crippen LogP contribution in [-0.2, 0) is 11.3 Å². The van der Waals surface area contributed by atoms with Crippen LogP contribution in [0.2, 0.25) is 5.02 Å². The topological polar surface area (TPSA) is 32.3 Å². The van der Waals surface area contributed by atoms with Gasteiger partial charge in [0.2, 0.25) is 5.91 Å². The van der Waals surface area contributed by atoms with Crippen molar-refractivity contribution in [3.05, 3.63) is 34.6 Å². The van der Waals surface area contributed by atoms with Gasteiger partial charge in [0.15, 0.2) is 0 Å². The molecule has 0 radical (unpaired) electrons. The summed E-state index contributed by atoms with van der Waals surface area (Å²) in [5.41, 5.74) is 0.415. The molecular formula is C15H20ClFN2O. The van der Waals surface area contributed by atoms with Gasteiger partial charge in [-0.25, -0.2) is 4.39 Å². The van der Waals surface area contributed by atoms with E-state index in [1.807, 2.05) is 6.92 Å². The summed E-state index contributed by atoms with van der Waals surface area (Å²) in [6.45, 7) is 3.77. The summed E-state index contributed by atoms with van der Waals surface area (Å²) in [6, 6.07) is 4.87. The van der Waals surface area contributed by atoms with Gasteiger partial charge in [-0.1, -0.05) is 24.6 Å². The molecule has 0 heterocycles. The monoisotopic (exact) mass is 298 g/mol. The van der Waals surface area contributed by atoms with Crippen molar-refractivity contribution in [1.82, 2.24) is 10.2 Å². The molecule has 0 saturated heterocycles. The maximum Gasteiger partial charge on any atom is 0.224 e. The zero-order valence-corrected chi connectivity index (χ0v) is 12.4. The molecule has 1 amide bonds. The van der Waals surface area contributed by atoms with E-state index in [4.69, 9.17) is 11.6 Å². The predicted molar refractivity (Wildman–Crippen MR) is 78.1 cm³/mol. The van der Waals surface area contributed by atoms with Crippen molar-refractivity contribution in [3.63, 3.8) is 0 Å². The molecule has 1 aliphatic carbocycles. The molecule has 0 aliphatic heterocycles. The number of hydrogen-bond acceptors (Lipinski definition) is 2. The van der Waals surface area contributed by atoms with Crippen LogP contribution >= 0.6 is 11.6 Å². The second-order valence-corrected chi connectivity index (χ2v) is 5.46. The van der Waals surface area contributed by atoms with Crippen molar-refractivity contribution in [2.75, 3.05) is 13.1 Å². The molecule has 1 fully saturated rings. The zero-order chi connectivity index (χ0) is 14.5. The molecule has 20 heavy (non-hydrogen) atoms. The lowest BCUT2D eigenvalue weighted by atomic mass is 10.2. The third-order valence-electron chi connectivity index (χ3n) is 3.46. The Morgan fingerprint density at radius 1 is 1.50 bits per heavy atom. The van der Waals surface area contributed by atoms with Crippen molar-refractivity contribution in [2.45, 2.75) is 38.8 Å². The van der Waals surface area contributed by atoms with Gasteiger partial charge in [-0.3, -0.25) is 4.79 Å². The van der Waals surface area contributed by atoms with Crippen LogP contribution in [0.1, 0.15) is 31.7 Å². The fraction of sp³-hybridized carbons (Fsp3) is 0.533. The van der Waals surface area contributed by atoms with Gasteiger partial charge in [-0.15, -0.1) is 0 Å². The van der Waals surface area contributed by atoms with Gasteiger partial charge in [0, 0.05) is 29.6 Å². The van der Waals surface area contributed by atoms with E-state index < -0.39 is 0 Å². The van der Waals surface area contributed by atoms with Crippen LogP contribution in [0.5, 0.6) is 0 Å². The van der Waals surface area contributed by atoms with E-state index in [9.17, 15) is 9.18 Å². The summed E-state index contributed by atoms with van der Waals surface area (Å²) >= 11 is 6.04. The Labute approximate surface area is 124 Å². The summed E-state index contributed by atoms with van der Waals surface area (Å²) < 4.78 is 13.8. The Hall–Kier alpha value is -1.13. The minimum atomic E-state index is -0.345. The van der Waals surface area contributed by atoms with Crippen LogP contribution in [0.3, 0.4) is 0 Å². The number of halogens is 2. The molecule has 0 spiro atoms. The molecule has 0 atom stereocenters. The first-order valence-corrected chi connectivity index (χ1v) is 7.44. The summed E-state index contributed by atoms with van der Waals surface area (Å²) in [5, 5.41) is 3.52. The summed E-state index contributed by atoms with van der Waals surface area (Å²) in [4.78, 5) is 14.0. The summed E-state index contributed by atoms with van der Waals surface area (Å²) in [7, 11) is 0. The molecule has 0 bridgehead atoms. The average Bonchev–Trinajstić information content (AvgIpc) is 3.23. The molecule has 0 unspecified atom stereocenters. The molecule has 2 rings (SSSR count). The highest BCUT2D eigenvalue weighted by Crippen LogP contribution is 2.31. The number of nitrogens with zero attached hydrogens (tertiary/aromatic N) is 1. The Kier molecular flexibility index (Phi) is 5.38. The first-order chi connectivity index (χ1) is 9.63.